The van der Waals surface area contributed by atoms with E-state index in [4.69, 9.17) is 15.3 Å². The summed E-state index contributed by atoms with van der Waals surface area (Å²) in [5.74, 6) is 1.32. The van der Waals surface area contributed by atoms with Gasteiger partial charge in [-0.1, -0.05) is 41.5 Å². The molecule has 0 aliphatic heterocycles. The van der Waals surface area contributed by atoms with Gasteiger partial charge in [-0.2, -0.15) is 0 Å². The Kier molecular flexibility index (Phi) is 46.8. The fourth-order valence-corrected chi connectivity index (χ4v) is 0. The van der Waals surface area contributed by atoms with E-state index in [9.17, 15) is 0 Å². The first-order valence-electron chi connectivity index (χ1n) is 5.64. The van der Waals surface area contributed by atoms with Crippen LogP contribution in [-0.2, 0) is 21.7 Å². The molecule has 0 heterocycles. The van der Waals surface area contributed by atoms with Crippen LogP contribution in [0.25, 0.3) is 0 Å². The van der Waals surface area contributed by atoms with E-state index in [1.165, 1.54) is 0 Å². The summed E-state index contributed by atoms with van der Waals surface area (Å²) in [5.41, 5.74) is 0. The van der Waals surface area contributed by atoms with Crippen molar-refractivity contribution in [2.24, 2.45) is 17.8 Å². The Morgan fingerprint density at radius 1 is 0.588 bits per heavy atom. The molecule has 0 aromatic rings. The third-order valence-corrected chi connectivity index (χ3v) is 1.10. The molecule has 0 bridgehead atoms. The Bertz CT molecular complexity index is 82.7. The van der Waals surface area contributed by atoms with Gasteiger partial charge in [-0.05, 0) is 17.8 Å². The van der Waals surface area contributed by atoms with Gasteiger partial charge >= 0.3 is 0 Å². The standard InChI is InChI=1S/3C4H10O.BrH.Ti/c3*1-4(2)3-5;;/h3*4-5H,3H2,1-2H3;1H;. The van der Waals surface area contributed by atoms with Crippen molar-refractivity contribution in [1.82, 2.24) is 0 Å². The Labute approximate surface area is 133 Å². The van der Waals surface area contributed by atoms with E-state index in [0.29, 0.717) is 37.6 Å². The maximum absolute atomic E-state index is 8.14. The zero-order chi connectivity index (χ0) is 12.9. The molecule has 17 heavy (non-hydrogen) atoms. The molecular weight excluding hydrogens is 320 g/mol. The molecule has 0 fully saturated rings. The molecule has 0 atom stereocenters. The normalized spacial score (nSPS) is 8.47. The second-order valence-electron chi connectivity index (χ2n) is 4.73. The number of halogens is 1. The fourth-order valence-electron chi connectivity index (χ4n) is 0. The molecule has 0 radical (unpaired) electrons. The molecule has 3 nitrogen and oxygen atoms in total. The quantitative estimate of drug-likeness (QED) is 0.685. The van der Waals surface area contributed by atoms with Crippen LogP contribution in [-0.4, -0.2) is 35.1 Å². The molecule has 0 spiro atoms. The minimum Gasteiger partial charge on any atom is -0.396 e. The van der Waals surface area contributed by atoms with Gasteiger partial charge in [-0.15, -0.1) is 17.0 Å². The third-order valence-electron chi connectivity index (χ3n) is 1.10. The first-order valence-corrected chi connectivity index (χ1v) is 5.64. The second kappa shape index (κ2) is 25.8. The molecule has 0 aromatic heterocycles. The van der Waals surface area contributed by atoms with Crippen molar-refractivity contribution in [2.75, 3.05) is 19.8 Å². The zero-order valence-electron chi connectivity index (χ0n) is 12.1. The van der Waals surface area contributed by atoms with E-state index in [0.717, 1.165) is 0 Å². The summed E-state index contributed by atoms with van der Waals surface area (Å²) in [6, 6.07) is 0. The van der Waals surface area contributed by atoms with Gasteiger partial charge in [0.2, 0.25) is 0 Å². The van der Waals surface area contributed by atoms with Crippen molar-refractivity contribution in [3.05, 3.63) is 0 Å². The predicted octanol–water partition coefficient (Wildman–Crippen LogP) is 2.48. The molecular formula is C12H31BrO3Ti. The summed E-state index contributed by atoms with van der Waals surface area (Å²) in [6.07, 6.45) is 0. The van der Waals surface area contributed by atoms with Gasteiger partial charge < -0.3 is 15.3 Å². The molecule has 0 amide bonds. The molecule has 0 unspecified atom stereocenters. The number of hydrogen-bond acceptors (Lipinski definition) is 3. The number of aliphatic hydroxyl groups excluding tert-OH is 3. The van der Waals surface area contributed by atoms with E-state index in [2.05, 4.69) is 0 Å². The van der Waals surface area contributed by atoms with Gasteiger partial charge in [-0.3, -0.25) is 0 Å². The summed E-state index contributed by atoms with van der Waals surface area (Å²) < 4.78 is 0. The Morgan fingerprint density at radius 3 is 0.647 bits per heavy atom. The Balaban J connectivity index is -0.0000000400. The van der Waals surface area contributed by atoms with Crippen molar-refractivity contribution in [2.45, 2.75) is 41.5 Å². The van der Waals surface area contributed by atoms with Crippen molar-refractivity contribution < 1.29 is 37.0 Å². The minimum absolute atomic E-state index is 0. The SMILES string of the molecule is Br.CC(C)CO.CC(C)CO.CC(C)CO.[Ti]. The molecule has 0 aromatic carbocycles. The zero-order valence-corrected chi connectivity index (χ0v) is 15.4. The predicted molar refractivity (Wildman–Crippen MR) is 76.1 cm³/mol. The van der Waals surface area contributed by atoms with Crippen LogP contribution < -0.4 is 0 Å². The molecule has 5 heteroatoms. The van der Waals surface area contributed by atoms with E-state index >= 15 is 0 Å². The number of aliphatic hydroxyl groups is 3. The smallest absolute Gasteiger partial charge is 0.0453 e. The molecule has 0 saturated carbocycles. The topological polar surface area (TPSA) is 60.7 Å². The molecule has 108 valence electrons. The van der Waals surface area contributed by atoms with Crippen molar-refractivity contribution in [3.63, 3.8) is 0 Å². The van der Waals surface area contributed by atoms with E-state index in [-0.39, 0.29) is 38.7 Å². The Morgan fingerprint density at radius 2 is 0.647 bits per heavy atom. The van der Waals surface area contributed by atoms with Crippen LogP contribution >= 0.6 is 17.0 Å². The molecule has 0 rings (SSSR count). The summed E-state index contributed by atoms with van der Waals surface area (Å²) in [5, 5.41) is 24.4. The van der Waals surface area contributed by atoms with Gasteiger partial charge in [-0.25, -0.2) is 0 Å². The third kappa shape index (κ3) is 77.5. The van der Waals surface area contributed by atoms with Gasteiger partial charge in [0.1, 0.15) is 0 Å². The van der Waals surface area contributed by atoms with E-state index in [1.54, 1.807) is 0 Å². The van der Waals surface area contributed by atoms with Crippen LogP contribution in [0.1, 0.15) is 41.5 Å². The summed E-state index contributed by atoms with van der Waals surface area (Å²) >= 11 is 0. The first kappa shape index (κ1) is 30.8. The fraction of sp³-hybridized carbons (Fsp3) is 1.00. The monoisotopic (exact) mass is 350 g/mol. The molecule has 0 aliphatic rings. The van der Waals surface area contributed by atoms with Crippen LogP contribution in [0, 0.1) is 17.8 Å². The van der Waals surface area contributed by atoms with Crippen LogP contribution in [0.3, 0.4) is 0 Å². The molecule has 0 saturated heterocycles. The van der Waals surface area contributed by atoms with Crippen LogP contribution in [0.5, 0.6) is 0 Å². The summed E-state index contributed by atoms with van der Waals surface area (Å²) in [4.78, 5) is 0. The van der Waals surface area contributed by atoms with E-state index in [1.807, 2.05) is 41.5 Å². The van der Waals surface area contributed by atoms with Gasteiger partial charge in [0.25, 0.3) is 0 Å². The van der Waals surface area contributed by atoms with Crippen molar-refractivity contribution in [1.29, 1.82) is 0 Å². The average molecular weight is 351 g/mol. The van der Waals surface area contributed by atoms with E-state index < -0.39 is 0 Å². The minimum atomic E-state index is 0. The number of rotatable bonds is 3. The summed E-state index contributed by atoms with van der Waals surface area (Å²) in [7, 11) is 0. The van der Waals surface area contributed by atoms with Gasteiger partial charge in [0, 0.05) is 41.5 Å². The summed E-state index contributed by atoms with van der Waals surface area (Å²) in [6.45, 7) is 12.7. The van der Waals surface area contributed by atoms with Crippen molar-refractivity contribution >= 4 is 17.0 Å². The van der Waals surface area contributed by atoms with Gasteiger partial charge in [0.05, 0.1) is 0 Å². The maximum atomic E-state index is 8.14. The van der Waals surface area contributed by atoms with Gasteiger partial charge in [0.15, 0.2) is 0 Å². The molecule has 0 aliphatic carbocycles. The van der Waals surface area contributed by atoms with Crippen molar-refractivity contribution in [3.8, 4) is 0 Å². The van der Waals surface area contributed by atoms with Crippen LogP contribution in [0.2, 0.25) is 0 Å². The Hall–Kier alpha value is 1.07. The first-order chi connectivity index (χ1) is 6.81. The molecule has 3 N–H and O–H groups in total. The largest absolute Gasteiger partial charge is 0.396 e. The number of hydrogen-bond donors (Lipinski definition) is 3. The van der Waals surface area contributed by atoms with Crippen LogP contribution in [0.4, 0.5) is 0 Å². The average Bonchev–Trinajstić information content (AvgIpc) is 2.19. The maximum Gasteiger partial charge on any atom is 0.0453 e. The van der Waals surface area contributed by atoms with Crippen LogP contribution in [0.15, 0.2) is 0 Å². The second-order valence-corrected chi connectivity index (χ2v) is 4.73.